The van der Waals surface area contributed by atoms with E-state index in [1.165, 1.54) is 5.56 Å². The van der Waals surface area contributed by atoms with E-state index in [0.29, 0.717) is 12.4 Å². The second-order valence-electron chi connectivity index (χ2n) is 7.38. The third-order valence-corrected chi connectivity index (χ3v) is 5.79. The largest absolute Gasteiger partial charge is 0.466 e. The highest BCUT2D eigenvalue weighted by atomic mass is 32.2. The van der Waals surface area contributed by atoms with Crippen LogP contribution in [0.25, 0.3) is 5.69 Å². The fraction of sp³-hybridized carbons (Fsp3) is 0.333. The van der Waals surface area contributed by atoms with E-state index in [0.717, 1.165) is 22.2 Å². The second kappa shape index (κ2) is 11.5. The summed E-state index contributed by atoms with van der Waals surface area (Å²) in [7, 11) is 0. The summed E-state index contributed by atoms with van der Waals surface area (Å²) in [4.78, 5) is 23.9. The molecule has 1 N–H and O–H groups in total. The molecule has 168 valence electrons. The van der Waals surface area contributed by atoms with Crippen LogP contribution in [0.5, 0.6) is 0 Å². The van der Waals surface area contributed by atoms with Crippen LogP contribution in [0.15, 0.2) is 59.8 Å². The van der Waals surface area contributed by atoms with E-state index in [-0.39, 0.29) is 30.8 Å². The number of rotatable bonds is 10. The Hall–Kier alpha value is -3.13. The van der Waals surface area contributed by atoms with Gasteiger partial charge >= 0.3 is 5.97 Å². The molecular formula is C24H28N4O3S. The van der Waals surface area contributed by atoms with Crippen LogP contribution in [0.2, 0.25) is 0 Å². The fourth-order valence-electron chi connectivity index (χ4n) is 3.14. The maximum absolute atomic E-state index is 12.4. The highest BCUT2D eigenvalue weighted by Gasteiger charge is 2.21. The lowest BCUT2D eigenvalue weighted by Gasteiger charge is -2.16. The molecule has 0 aliphatic rings. The summed E-state index contributed by atoms with van der Waals surface area (Å²) in [6, 6.07) is 17.9. The normalized spacial score (nSPS) is 11.7. The molecule has 7 nitrogen and oxygen atoms in total. The minimum atomic E-state index is -0.385. The number of aromatic nitrogens is 3. The van der Waals surface area contributed by atoms with Crippen LogP contribution < -0.4 is 5.32 Å². The van der Waals surface area contributed by atoms with Crippen LogP contribution in [0.1, 0.15) is 49.7 Å². The van der Waals surface area contributed by atoms with Gasteiger partial charge in [0.1, 0.15) is 0 Å². The van der Waals surface area contributed by atoms with E-state index in [9.17, 15) is 9.59 Å². The summed E-state index contributed by atoms with van der Waals surface area (Å²) < 4.78 is 6.86. The first-order chi connectivity index (χ1) is 15.5. The molecule has 0 radical (unpaired) electrons. The monoisotopic (exact) mass is 452 g/mol. The molecule has 1 atom stereocenters. The van der Waals surface area contributed by atoms with Crippen molar-refractivity contribution in [2.45, 2.75) is 50.6 Å². The molecule has 0 fully saturated rings. The summed E-state index contributed by atoms with van der Waals surface area (Å²) in [5.41, 5.74) is 3.28. The van der Waals surface area contributed by atoms with Crippen molar-refractivity contribution in [1.82, 2.24) is 20.1 Å². The first kappa shape index (κ1) is 23.5. The number of thioether (sulfide) groups is 1. The summed E-state index contributed by atoms with van der Waals surface area (Å²) in [5.74, 6) is 0.777. The number of hydrogen-bond donors (Lipinski definition) is 1. The topological polar surface area (TPSA) is 86.1 Å². The Kier molecular flexibility index (Phi) is 8.44. The van der Waals surface area contributed by atoms with E-state index < -0.39 is 0 Å². The van der Waals surface area contributed by atoms with Crippen LogP contribution in [0, 0.1) is 6.92 Å². The maximum atomic E-state index is 12.4. The number of carbonyl (C=O) groups is 2. The lowest BCUT2D eigenvalue weighted by atomic mass is 10.2. The third-order valence-electron chi connectivity index (χ3n) is 4.79. The first-order valence-corrected chi connectivity index (χ1v) is 11.6. The van der Waals surface area contributed by atoms with Gasteiger partial charge in [0.15, 0.2) is 11.0 Å². The summed E-state index contributed by atoms with van der Waals surface area (Å²) in [6.07, 6.45) is 0.118. The Labute approximate surface area is 192 Å². The SMILES string of the molecule is CCOC(=O)CCC(=O)NC(C)c1nnc(SCc2ccccc2)n1-c1ccc(C)cc1. The van der Waals surface area contributed by atoms with Gasteiger partial charge in [-0.1, -0.05) is 59.8 Å². The molecular weight excluding hydrogens is 424 g/mol. The average molecular weight is 453 g/mol. The maximum Gasteiger partial charge on any atom is 0.306 e. The summed E-state index contributed by atoms with van der Waals surface area (Å²) >= 11 is 1.59. The Bertz CT molecular complexity index is 1040. The molecule has 1 unspecified atom stereocenters. The predicted octanol–water partition coefficient (Wildman–Crippen LogP) is 4.39. The van der Waals surface area contributed by atoms with Gasteiger partial charge in [-0.05, 0) is 38.5 Å². The fourth-order valence-corrected chi connectivity index (χ4v) is 4.06. The molecule has 1 amide bonds. The minimum Gasteiger partial charge on any atom is -0.466 e. The Balaban J connectivity index is 1.78. The molecule has 0 bridgehead atoms. The van der Waals surface area contributed by atoms with Crippen molar-refractivity contribution in [1.29, 1.82) is 0 Å². The number of nitrogens with zero attached hydrogens (tertiary/aromatic N) is 3. The van der Waals surface area contributed by atoms with Gasteiger partial charge < -0.3 is 10.1 Å². The van der Waals surface area contributed by atoms with Crippen molar-refractivity contribution in [3.63, 3.8) is 0 Å². The van der Waals surface area contributed by atoms with Crippen molar-refractivity contribution in [3.05, 3.63) is 71.5 Å². The molecule has 1 aromatic heterocycles. The number of amides is 1. The Morgan fingerprint density at radius 3 is 2.47 bits per heavy atom. The van der Waals surface area contributed by atoms with E-state index in [2.05, 4.69) is 27.6 Å². The number of esters is 1. The smallest absolute Gasteiger partial charge is 0.306 e. The summed E-state index contributed by atoms with van der Waals surface area (Å²) in [6.45, 7) is 5.95. The molecule has 0 aliphatic carbocycles. The standard InChI is InChI=1S/C24H28N4O3S/c1-4-31-22(30)15-14-21(29)25-18(3)23-26-27-24(32-16-19-8-6-5-7-9-19)28(23)20-12-10-17(2)11-13-20/h5-13,18H,4,14-16H2,1-3H3,(H,25,29). The number of carbonyl (C=O) groups excluding carboxylic acids is 2. The zero-order chi connectivity index (χ0) is 22.9. The highest BCUT2D eigenvalue weighted by molar-refractivity contribution is 7.98. The second-order valence-corrected chi connectivity index (χ2v) is 8.32. The summed E-state index contributed by atoms with van der Waals surface area (Å²) in [5, 5.41) is 12.5. The number of ether oxygens (including phenoxy) is 1. The molecule has 32 heavy (non-hydrogen) atoms. The van der Waals surface area contributed by atoms with Crippen LogP contribution >= 0.6 is 11.8 Å². The van der Waals surface area contributed by atoms with Crippen LogP contribution in [-0.2, 0) is 20.1 Å². The van der Waals surface area contributed by atoms with Gasteiger partial charge in [-0.25, -0.2) is 0 Å². The molecule has 0 saturated carbocycles. The van der Waals surface area contributed by atoms with Gasteiger partial charge in [0.2, 0.25) is 5.91 Å². The molecule has 1 heterocycles. The Morgan fingerprint density at radius 1 is 1.06 bits per heavy atom. The quantitative estimate of drug-likeness (QED) is 0.363. The van der Waals surface area contributed by atoms with Gasteiger partial charge in [0.25, 0.3) is 0 Å². The zero-order valence-electron chi connectivity index (χ0n) is 18.6. The van der Waals surface area contributed by atoms with E-state index >= 15 is 0 Å². The molecule has 0 spiro atoms. The first-order valence-electron chi connectivity index (χ1n) is 10.6. The molecule has 3 aromatic rings. The van der Waals surface area contributed by atoms with Gasteiger partial charge in [-0.3, -0.25) is 14.2 Å². The zero-order valence-corrected chi connectivity index (χ0v) is 19.4. The molecule has 0 aliphatic heterocycles. The van der Waals surface area contributed by atoms with Crippen LogP contribution in [-0.4, -0.2) is 33.2 Å². The highest BCUT2D eigenvalue weighted by Crippen LogP contribution is 2.27. The lowest BCUT2D eigenvalue weighted by Crippen LogP contribution is -2.29. The molecule has 2 aromatic carbocycles. The van der Waals surface area contributed by atoms with Crippen molar-refractivity contribution in [2.75, 3.05) is 6.61 Å². The molecule has 0 saturated heterocycles. The van der Waals surface area contributed by atoms with Crippen molar-refractivity contribution in [3.8, 4) is 5.69 Å². The predicted molar refractivity (Wildman–Crippen MR) is 125 cm³/mol. The average Bonchev–Trinajstić information content (AvgIpc) is 3.22. The van der Waals surface area contributed by atoms with Crippen molar-refractivity contribution in [2.24, 2.45) is 0 Å². The molecule has 3 rings (SSSR count). The number of aryl methyl sites for hydroxylation is 1. The van der Waals surface area contributed by atoms with Gasteiger partial charge in [-0.15, -0.1) is 10.2 Å². The van der Waals surface area contributed by atoms with Gasteiger partial charge in [-0.2, -0.15) is 0 Å². The Morgan fingerprint density at radius 2 is 1.78 bits per heavy atom. The minimum absolute atomic E-state index is 0.0508. The van der Waals surface area contributed by atoms with Crippen molar-refractivity contribution < 1.29 is 14.3 Å². The van der Waals surface area contributed by atoms with E-state index in [1.807, 2.05) is 60.9 Å². The van der Waals surface area contributed by atoms with E-state index in [1.54, 1.807) is 18.7 Å². The number of hydrogen-bond acceptors (Lipinski definition) is 6. The third kappa shape index (κ3) is 6.43. The van der Waals surface area contributed by atoms with Gasteiger partial charge in [0.05, 0.1) is 19.1 Å². The number of benzene rings is 2. The van der Waals surface area contributed by atoms with Crippen LogP contribution in [0.3, 0.4) is 0 Å². The van der Waals surface area contributed by atoms with Gasteiger partial charge in [0, 0.05) is 17.9 Å². The molecule has 8 heteroatoms. The van der Waals surface area contributed by atoms with Crippen molar-refractivity contribution >= 4 is 23.6 Å². The lowest BCUT2D eigenvalue weighted by molar-refractivity contribution is -0.144. The number of nitrogens with one attached hydrogen (secondary N) is 1. The van der Waals surface area contributed by atoms with E-state index in [4.69, 9.17) is 4.74 Å². The van der Waals surface area contributed by atoms with Crippen LogP contribution in [0.4, 0.5) is 0 Å².